The zero-order valence-electron chi connectivity index (χ0n) is 16.1. The van der Waals surface area contributed by atoms with E-state index in [4.69, 9.17) is 17.3 Å². The monoisotopic (exact) mass is 437 g/mol. The lowest BCUT2D eigenvalue weighted by Crippen LogP contribution is -2.41. The van der Waals surface area contributed by atoms with Crippen molar-refractivity contribution >= 4 is 44.2 Å². The van der Waals surface area contributed by atoms with Crippen LogP contribution in [0.15, 0.2) is 41.3 Å². The molecule has 29 heavy (non-hydrogen) atoms. The fourth-order valence-electron chi connectivity index (χ4n) is 3.51. The van der Waals surface area contributed by atoms with Crippen LogP contribution in [0.2, 0.25) is 5.02 Å². The maximum absolute atomic E-state index is 12.8. The highest BCUT2D eigenvalue weighted by Gasteiger charge is 2.34. The Bertz CT molecular complexity index is 1040. The van der Waals surface area contributed by atoms with Crippen LogP contribution in [0.5, 0.6) is 0 Å². The van der Waals surface area contributed by atoms with E-state index in [1.54, 1.807) is 35.2 Å². The number of carbonyl (C=O) groups is 2. The van der Waals surface area contributed by atoms with Crippen LogP contribution >= 0.6 is 11.6 Å². The molecule has 3 rings (SSSR count). The molecule has 0 aliphatic carbocycles. The SMILES string of the molecule is CC(CCN1CCC(NS(=O)(=O)c2ccc3cc(Cl)ccc3c2)C1=O)CC(N)=O. The molecule has 1 aliphatic rings. The first kappa shape index (κ1) is 21.5. The smallest absolute Gasteiger partial charge is 0.241 e. The number of nitrogens with two attached hydrogens (primary N) is 1. The first-order valence-corrected chi connectivity index (χ1v) is 11.3. The molecule has 1 saturated heterocycles. The van der Waals surface area contributed by atoms with Crippen LogP contribution in [0.3, 0.4) is 0 Å². The molecule has 0 aromatic heterocycles. The lowest BCUT2D eigenvalue weighted by Gasteiger charge is -2.19. The van der Waals surface area contributed by atoms with E-state index >= 15 is 0 Å². The predicted octanol–water partition coefficient (Wildman–Crippen LogP) is 2.27. The molecule has 0 saturated carbocycles. The Morgan fingerprint density at radius 2 is 1.97 bits per heavy atom. The van der Waals surface area contributed by atoms with Crippen LogP contribution in [0.4, 0.5) is 0 Å². The maximum Gasteiger partial charge on any atom is 0.241 e. The highest BCUT2D eigenvalue weighted by molar-refractivity contribution is 7.89. The molecule has 2 atom stereocenters. The fourth-order valence-corrected chi connectivity index (χ4v) is 4.95. The van der Waals surface area contributed by atoms with Gasteiger partial charge in [0.15, 0.2) is 0 Å². The Morgan fingerprint density at radius 3 is 2.69 bits per heavy atom. The van der Waals surface area contributed by atoms with Gasteiger partial charge in [0.1, 0.15) is 6.04 Å². The number of fused-ring (bicyclic) bond motifs is 1. The number of rotatable bonds is 8. The molecule has 0 spiro atoms. The summed E-state index contributed by atoms with van der Waals surface area (Å²) in [4.78, 5) is 25.3. The Kier molecular flexibility index (Phi) is 6.45. The van der Waals surface area contributed by atoms with E-state index in [2.05, 4.69) is 4.72 Å². The third-order valence-electron chi connectivity index (χ3n) is 5.12. The van der Waals surface area contributed by atoms with E-state index < -0.39 is 16.1 Å². The van der Waals surface area contributed by atoms with Crippen LogP contribution in [-0.2, 0) is 19.6 Å². The minimum atomic E-state index is -3.84. The van der Waals surface area contributed by atoms with Gasteiger partial charge in [-0.25, -0.2) is 8.42 Å². The van der Waals surface area contributed by atoms with Crippen molar-refractivity contribution in [1.82, 2.24) is 9.62 Å². The zero-order valence-corrected chi connectivity index (χ0v) is 17.7. The molecule has 0 radical (unpaired) electrons. The number of nitrogens with one attached hydrogen (secondary N) is 1. The van der Waals surface area contributed by atoms with Gasteiger partial charge in [-0.1, -0.05) is 30.7 Å². The Balaban J connectivity index is 1.65. The Hall–Kier alpha value is -2.16. The average molecular weight is 438 g/mol. The third kappa shape index (κ3) is 5.26. The molecule has 9 heteroatoms. The molecular formula is C20H24ClN3O4S. The minimum absolute atomic E-state index is 0.0714. The number of hydrogen-bond acceptors (Lipinski definition) is 4. The number of likely N-dealkylation sites (tertiary alicyclic amines) is 1. The van der Waals surface area contributed by atoms with Crippen molar-refractivity contribution in [3.63, 3.8) is 0 Å². The standard InChI is InChI=1S/C20H24ClN3O4S/c1-13(10-19(22)25)6-8-24-9-7-18(20(24)26)23-29(27,28)17-5-3-14-11-16(21)4-2-15(14)12-17/h2-5,11-13,18,23H,6-10H2,1H3,(H2,22,25). The van der Waals surface area contributed by atoms with Gasteiger partial charge in [0.25, 0.3) is 0 Å². The van der Waals surface area contributed by atoms with Crippen LogP contribution in [0.1, 0.15) is 26.2 Å². The molecule has 1 aliphatic heterocycles. The normalized spacial score (nSPS) is 18.3. The summed E-state index contributed by atoms with van der Waals surface area (Å²) in [7, 11) is -3.84. The summed E-state index contributed by atoms with van der Waals surface area (Å²) < 4.78 is 28.1. The van der Waals surface area contributed by atoms with Gasteiger partial charge < -0.3 is 10.6 Å². The van der Waals surface area contributed by atoms with Crippen molar-refractivity contribution in [3.8, 4) is 0 Å². The number of amides is 2. The second-order valence-corrected chi connectivity index (χ2v) is 9.66. The average Bonchev–Trinajstić information content (AvgIpc) is 2.98. The molecule has 2 unspecified atom stereocenters. The van der Waals surface area contributed by atoms with Crippen molar-refractivity contribution < 1.29 is 18.0 Å². The first-order valence-electron chi connectivity index (χ1n) is 9.44. The highest BCUT2D eigenvalue weighted by Crippen LogP contribution is 2.23. The Morgan fingerprint density at radius 1 is 1.28 bits per heavy atom. The summed E-state index contributed by atoms with van der Waals surface area (Å²) in [6, 6.07) is 9.20. The van der Waals surface area contributed by atoms with Crippen molar-refractivity contribution in [1.29, 1.82) is 0 Å². The second-order valence-electron chi connectivity index (χ2n) is 7.51. The van der Waals surface area contributed by atoms with E-state index in [9.17, 15) is 18.0 Å². The maximum atomic E-state index is 12.8. The van der Waals surface area contributed by atoms with Gasteiger partial charge in [-0.15, -0.1) is 0 Å². The first-order chi connectivity index (χ1) is 13.7. The van der Waals surface area contributed by atoms with Gasteiger partial charge in [0, 0.05) is 24.5 Å². The Labute approximate surface area is 175 Å². The van der Waals surface area contributed by atoms with Crippen molar-refractivity contribution in [2.75, 3.05) is 13.1 Å². The van der Waals surface area contributed by atoms with Crippen LogP contribution < -0.4 is 10.5 Å². The largest absolute Gasteiger partial charge is 0.370 e. The van der Waals surface area contributed by atoms with Crippen molar-refractivity contribution in [2.24, 2.45) is 11.7 Å². The molecular weight excluding hydrogens is 414 g/mol. The summed E-state index contributed by atoms with van der Waals surface area (Å²) in [5, 5.41) is 2.16. The topological polar surface area (TPSA) is 110 Å². The van der Waals surface area contributed by atoms with E-state index in [0.29, 0.717) is 31.0 Å². The number of primary amides is 1. The number of sulfonamides is 1. The molecule has 2 aromatic carbocycles. The van der Waals surface area contributed by atoms with E-state index in [0.717, 1.165) is 10.8 Å². The van der Waals surface area contributed by atoms with Crippen LogP contribution in [0.25, 0.3) is 10.8 Å². The molecule has 2 aromatic rings. The second kappa shape index (κ2) is 8.69. The van der Waals surface area contributed by atoms with E-state index in [-0.39, 0.29) is 29.0 Å². The van der Waals surface area contributed by atoms with Gasteiger partial charge >= 0.3 is 0 Å². The van der Waals surface area contributed by atoms with E-state index in [1.165, 1.54) is 6.07 Å². The van der Waals surface area contributed by atoms with Gasteiger partial charge in [-0.2, -0.15) is 4.72 Å². The summed E-state index contributed by atoms with van der Waals surface area (Å²) >= 11 is 5.97. The molecule has 7 nitrogen and oxygen atoms in total. The van der Waals surface area contributed by atoms with Crippen LogP contribution in [0, 0.1) is 5.92 Å². The lowest BCUT2D eigenvalue weighted by molar-refractivity contribution is -0.129. The van der Waals surface area contributed by atoms with Gasteiger partial charge in [0.05, 0.1) is 4.90 Å². The molecule has 3 N–H and O–H groups in total. The number of halogens is 1. The number of carbonyl (C=O) groups excluding carboxylic acids is 2. The molecule has 0 bridgehead atoms. The van der Waals surface area contributed by atoms with Gasteiger partial charge in [-0.3, -0.25) is 9.59 Å². The predicted molar refractivity (Wildman–Crippen MR) is 112 cm³/mol. The van der Waals surface area contributed by atoms with E-state index in [1.807, 2.05) is 6.92 Å². The summed E-state index contributed by atoms with van der Waals surface area (Å²) in [5.74, 6) is -0.539. The summed E-state index contributed by atoms with van der Waals surface area (Å²) in [5.41, 5.74) is 5.19. The summed E-state index contributed by atoms with van der Waals surface area (Å²) in [6.07, 6.45) is 1.32. The fraction of sp³-hybridized carbons (Fsp3) is 0.400. The number of nitrogens with zero attached hydrogens (tertiary/aromatic N) is 1. The zero-order chi connectivity index (χ0) is 21.2. The minimum Gasteiger partial charge on any atom is -0.370 e. The quantitative estimate of drug-likeness (QED) is 0.660. The van der Waals surface area contributed by atoms with Gasteiger partial charge in [-0.05, 0) is 53.8 Å². The third-order valence-corrected chi connectivity index (χ3v) is 6.82. The molecule has 156 valence electrons. The summed E-state index contributed by atoms with van der Waals surface area (Å²) in [6.45, 7) is 2.85. The molecule has 1 heterocycles. The van der Waals surface area contributed by atoms with Crippen molar-refractivity contribution in [3.05, 3.63) is 41.4 Å². The highest BCUT2D eigenvalue weighted by atomic mass is 35.5. The lowest BCUT2D eigenvalue weighted by atomic mass is 10.0. The van der Waals surface area contributed by atoms with Crippen molar-refractivity contribution in [2.45, 2.75) is 37.1 Å². The molecule has 1 fully saturated rings. The number of benzene rings is 2. The van der Waals surface area contributed by atoms with Gasteiger partial charge in [0.2, 0.25) is 21.8 Å². The number of hydrogen-bond donors (Lipinski definition) is 2. The van der Waals surface area contributed by atoms with Crippen LogP contribution in [-0.4, -0.2) is 44.3 Å². The molecule has 2 amide bonds.